The fourth-order valence-corrected chi connectivity index (χ4v) is 3.30. The van der Waals surface area contributed by atoms with Crippen molar-refractivity contribution in [3.63, 3.8) is 0 Å². The Hall–Kier alpha value is -2.00. The molecule has 0 bridgehead atoms. The summed E-state index contributed by atoms with van der Waals surface area (Å²) in [6.07, 6.45) is 3.97. The van der Waals surface area contributed by atoms with Crippen LogP contribution in [0, 0.1) is 0 Å². The molecule has 0 aliphatic carbocycles. The molecule has 3 heterocycles. The molecular formula is C19H22ClIN6. The van der Waals surface area contributed by atoms with Gasteiger partial charge in [-0.05, 0) is 36.4 Å². The number of nitrogens with zero attached hydrogens (tertiary/aromatic N) is 5. The Kier molecular flexibility index (Phi) is 6.43. The lowest BCUT2D eigenvalue weighted by Gasteiger charge is -2.36. The van der Waals surface area contributed by atoms with Crippen LogP contribution in [-0.2, 0) is 6.54 Å². The van der Waals surface area contributed by atoms with E-state index in [0.29, 0.717) is 12.5 Å². The second-order valence-electron chi connectivity index (χ2n) is 6.32. The summed E-state index contributed by atoms with van der Waals surface area (Å²) in [6.45, 7) is 4.01. The van der Waals surface area contributed by atoms with E-state index < -0.39 is 0 Å². The Morgan fingerprint density at radius 2 is 1.81 bits per heavy atom. The zero-order chi connectivity index (χ0) is 17.9. The lowest BCUT2D eigenvalue weighted by molar-refractivity contribution is 0.380. The quantitative estimate of drug-likeness (QED) is 0.344. The van der Waals surface area contributed by atoms with E-state index in [4.69, 9.17) is 17.3 Å². The van der Waals surface area contributed by atoms with Gasteiger partial charge in [-0.3, -0.25) is 0 Å². The van der Waals surface area contributed by atoms with Crippen LogP contribution in [0.3, 0.4) is 0 Å². The number of pyridine rings is 1. The van der Waals surface area contributed by atoms with Crippen molar-refractivity contribution in [1.82, 2.24) is 14.3 Å². The van der Waals surface area contributed by atoms with E-state index in [1.165, 1.54) is 5.69 Å². The van der Waals surface area contributed by atoms with E-state index in [1.807, 2.05) is 47.1 Å². The predicted molar refractivity (Wildman–Crippen MR) is 121 cm³/mol. The van der Waals surface area contributed by atoms with E-state index in [0.717, 1.165) is 42.5 Å². The number of halogens is 2. The monoisotopic (exact) mass is 496 g/mol. The summed E-state index contributed by atoms with van der Waals surface area (Å²) < 4.78 is 1.99. The van der Waals surface area contributed by atoms with Crippen molar-refractivity contribution in [3.8, 4) is 0 Å². The maximum Gasteiger partial charge on any atom is 0.191 e. The molecule has 0 saturated carbocycles. The molecule has 2 N–H and O–H groups in total. The van der Waals surface area contributed by atoms with Crippen molar-refractivity contribution in [3.05, 3.63) is 65.6 Å². The van der Waals surface area contributed by atoms with Gasteiger partial charge < -0.3 is 19.9 Å². The summed E-state index contributed by atoms with van der Waals surface area (Å²) >= 11 is 5.96. The van der Waals surface area contributed by atoms with Crippen LogP contribution in [0.1, 0.15) is 5.69 Å². The molecule has 0 spiro atoms. The van der Waals surface area contributed by atoms with Gasteiger partial charge in [0.2, 0.25) is 0 Å². The maximum atomic E-state index is 6.20. The number of aromatic nitrogens is 2. The van der Waals surface area contributed by atoms with Crippen LogP contribution >= 0.6 is 35.6 Å². The number of hydrogen-bond acceptors (Lipinski definition) is 3. The highest BCUT2D eigenvalue weighted by Gasteiger charge is 2.18. The minimum atomic E-state index is 0. The van der Waals surface area contributed by atoms with Crippen molar-refractivity contribution in [2.75, 3.05) is 31.1 Å². The minimum Gasteiger partial charge on any atom is -0.370 e. The zero-order valence-electron chi connectivity index (χ0n) is 14.8. The summed E-state index contributed by atoms with van der Waals surface area (Å²) in [6, 6.07) is 13.9. The van der Waals surface area contributed by atoms with Gasteiger partial charge in [0, 0.05) is 49.3 Å². The number of imidazole rings is 1. The summed E-state index contributed by atoms with van der Waals surface area (Å²) in [5.41, 5.74) is 9.23. The van der Waals surface area contributed by atoms with Crippen molar-refractivity contribution in [2.24, 2.45) is 10.7 Å². The largest absolute Gasteiger partial charge is 0.370 e. The Morgan fingerprint density at radius 3 is 2.52 bits per heavy atom. The fourth-order valence-electron chi connectivity index (χ4n) is 3.17. The zero-order valence-corrected chi connectivity index (χ0v) is 17.9. The van der Waals surface area contributed by atoms with Crippen LogP contribution in [0.5, 0.6) is 0 Å². The lowest BCUT2D eigenvalue weighted by Crippen LogP contribution is -2.51. The number of piperazine rings is 1. The summed E-state index contributed by atoms with van der Waals surface area (Å²) in [5.74, 6) is 0.581. The van der Waals surface area contributed by atoms with E-state index in [9.17, 15) is 0 Å². The van der Waals surface area contributed by atoms with Crippen LogP contribution in [0.25, 0.3) is 5.65 Å². The van der Waals surface area contributed by atoms with Gasteiger partial charge in [0.15, 0.2) is 5.96 Å². The topological polar surface area (TPSA) is 62.2 Å². The molecule has 2 aromatic heterocycles. The van der Waals surface area contributed by atoms with Crippen LogP contribution in [0.15, 0.2) is 59.9 Å². The van der Waals surface area contributed by atoms with Crippen molar-refractivity contribution >= 4 is 52.9 Å². The predicted octanol–water partition coefficient (Wildman–Crippen LogP) is 3.24. The maximum absolute atomic E-state index is 6.20. The second kappa shape index (κ2) is 8.79. The molecule has 1 saturated heterocycles. The van der Waals surface area contributed by atoms with Gasteiger partial charge in [0.1, 0.15) is 5.65 Å². The summed E-state index contributed by atoms with van der Waals surface area (Å²) in [5, 5.41) is 0.760. The molecule has 27 heavy (non-hydrogen) atoms. The molecule has 0 radical (unpaired) electrons. The lowest BCUT2D eigenvalue weighted by atomic mass is 10.2. The third-order valence-corrected chi connectivity index (χ3v) is 4.86. The molecule has 6 nitrogen and oxygen atoms in total. The Balaban J connectivity index is 0.00000210. The third kappa shape index (κ3) is 4.65. The van der Waals surface area contributed by atoms with Crippen molar-refractivity contribution in [2.45, 2.75) is 6.54 Å². The smallest absolute Gasteiger partial charge is 0.191 e. The number of hydrogen-bond donors (Lipinski definition) is 1. The number of fused-ring (bicyclic) bond motifs is 1. The number of benzene rings is 1. The minimum absolute atomic E-state index is 0. The molecule has 0 amide bonds. The fraction of sp³-hybridized carbons (Fsp3) is 0.263. The van der Waals surface area contributed by atoms with Crippen LogP contribution in [-0.4, -0.2) is 46.4 Å². The van der Waals surface area contributed by atoms with Gasteiger partial charge in [0.25, 0.3) is 0 Å². The normalized spacial score (nSPS) is 15.1. The molecule has 8 heteroatoms. The third-order valence-electron chi connectivity index (χ3n) is 4.61. The first-order valence-electron chi connectivity index (χ1n) is 8.67. The van der Waals surface area contributed by atoms with Gasteiger partial charge in [-0.15, -0.1) is 24.0 Å². The van der Waals surface area contributed by atoms with Gasteiger partial charge in [0.05, 0.1) is 12.2 Å². The number of anilines is 1. The van der Waals surface area contributed by atoms with Gasteiger partial charge >= 0.3 is 0 Å². The molecule has 1 aliphatic rings. The molecule has 4 rings (SSSR count). The molecule has 1 aromatic carbocycles. The first-order valence-corrected chi connectivity index (χ1v) is 9.05. The molecule has 142 valence electrons. The summed E-state index contributed by atoms with van der Waals surface area (Å²) in [7, 11) is 0. The highest BCUT2D eigenvalue weighted by Crippen LogP contribution is 2.19. The average molecular weight is 497 g/mol. The molecule has 3 aromatic rings. The number of nitrogens with two attached hydrogens (primary N) is 1. The summed E-state index contributed by atoms with van der Waals surface area (Å²) in [4.78, 5) is 13.5. The first-order chi connectivity index (χ1) is 12.7. The second-order valence-corrected chi connectivity index (χ2v) is 6.76. The van der Waals surface area contributed by atoms with Gasteiger partial charge in [-0.25, -0.2) is 9.98 Å². The van der Waals surface area contributed by atoms with Crippen molar-refractivity contribution < 1.29 is 0 Å². The van der Waals surface area contributed by atoms with E-state index in [2.05, 4.69) is 31.9 Å². The molecule has 1 aliphatic heterocycles. The number of rotatable bonds is 3. The number of guanidine groups is 1. The Morgan fingerprint density at radius 1 is 1.07 bits per heavy atom. The van der Waals surface area contributed by atoms with Crippen LogP contribution < -0.4 is 10.6 Å². The average Bonchev–Trinajstić information content (AvgIpc) is 3.10. The van der Waals surface area contributed by atoms with Crippen LogP contribution in [0.4, 0.5) is 5.69 Å². The van der Waals surface area contributed by atoms with Gasteiger partial charge in [-0.2, -0.15) is 0 Å². The molecule has 0 unspecified atom stereocenters. The highest BCUT2D eigenvalue weighted by atomic mass is 127. The molecular weight excluding hydrogens is 475 g/mol. The van der Waals surface area contributed by atoms with E-state index in [-0.39, 0.29) is 24.0 Å². The Bertz CT molecular complexity index is 882. The standard InChI is InChI=1S/C19H21ClN6.HI/c20-15-4-6-17(7-5-15)24-9-11-25(12-10-24)19(21)22-13-16-14-26-8-2-1-3-18(26)23-16;/h1-8,14H,9-13H2,(H2,21,22);1H. The van der Waals surface area contributed by atoms with Crippen molar-refractivity contribution in [1.29, 1.82) is 0 Å². The van der Waals surface area contributed by atoms with Crippen LogP contribution in [0.2, 0.25) is 5.02 Å². The highest BCUT2D eigenvalue weighted by molar-refractivity contribution is 14.0. The molecule has 1 fully saturated rings. The van der Waals surface area contributed by atoms with E-state index in [1.54, 1.807) is 0 Å². The van der Waals surface area contributed by atoms with Gasteiger partial charge in [-0.1, -0.05) is 17.7 Å². The van der Waals surface area contributed by atoms with E-state index >= 15 is 0 Å². The Labute approximate surface area is 180 Å². The SMILES string of the molecule is I.NC(=NCc1cn2ccccc2n1)N1CCN(c2ccc(Cl)cc2)CC1. The number of aliphatic imine (C=N–C) groups is 1. The molecule has 0 atom stereocenters. The first kappa shape index (κ1) is 19.8.